The minimum absolute atomic E-state index is 0.322. The number of fused-ring (bicyclic) bond motifs is 1. The summed E-state index contributed by atoms with van der Waals surface area (Å²) in [5, 5.41) is 1.09. The third kappa shape index (κ3) is 4.86. The molecule has 2 heterocycles. The number of nitrogens with zero attached hydrogens (tertiary/aromatic N) is 2. The summed E-state index contributed by atoms with van der Waals surface area (Å²) in [7, 11) is 0. The smallest absolute Gasteiger partial charge is 0.335 e. The number of oxazole rings is 1. The molecule has 172 valence electrons. The molecular weight excluding hydrogens is 416 g/mol. The van der Waals surface area contributed by atoms with E-state index in [2.05, 4.69) is 35.9 Å². The second-order valence-electron chi connectivity index (χ2n) is 8.03. The van der Waals surface area contributed by atoms with Gasteiger partial charge in [0.15, 0.2) is 6.10 Å². The van der Waals surface area contributed by atoms with Crippen LogP contribution in [-0.4, -0.2) is 34.8 Å². The van der Waals surface area contributed by atoms with Gasteiger partial charge in [0.05, 0.1) is 13.2 Å². The highest BCUT2D eigenvalue weighted by Gasteiger charge is 2.22. The van der Waals surface area contributed by atoms with E-state index < -0.39 is 6.10 Å². The number of carbonyl (C=O) groups is 1. The number of aromatic nitrogens is 2. The first kappa shape index (κ1) is 22.8. The first-order chi connectivity index (χ1) is 16.0. The van der Waals surface area contributed by atoms with E-state index in [4.69, 9.17) is 18.9 Å². The number of esters is 1. The van der Waals surface area contributed by atoms with E-state index >= 15 is 0 Å². The summed E-state index contributed by atoms with van der Waals surface area (Å²) in [6.07, 6.45) is 1.91. The van der Waals surface area contributed by atoms with Crippen molar-refractivity contribution in [1.29, 1.82) is 0 Å². The molecule has 0 N–H and O–H groups in total. The number of benzene rings is 2. The van der Waals surface area contributed by atoms with Crippen LogP contribution in [0.2, 0.25) is 0 Å². The first-order valence-electron chi connectivity index (χ1n) is 11.4. The van der Waals surface area contributed by atoms with E-state index in [1.165, 1.54) is 0 Å². The van der Waals surface area contributed by atoms with Gasteiger partial charge >= 0.3 is 5.97 Å². The van der Waals surface area contributed by atoms with Crippen molar-refractivity contribution in [3.8, 4) is 11.5 Å². The van der Waals surface area contributed by atoms with Gasteiger partial charge in [0, 0.05) is 35.7 Å². The largest absolute Gasteiger partial charge is 0.464 e. The Kier molecular flexibility index (Phi) is 6.94. The third-order valence-corrected chi connectivity index (χ3v) is 5.81. The summed E-state index contributed by atoms with van der Waals surface area (Å²) < 4.78 is 19.0. The molecule has 2 aromatic carbocycles. The summed E-state index contributed by atoms with van der Waals surface area (Å²) in [6, 6.07) is 16.3. The van der Waals surface area contributed by atoms with E-state index in [0.29, 0.717) is 32.1 Å². The van der Waals surface area contributed by atoms with Crippen molar-refractivity contribution in [1.82, 2.24) is 9.55 Å². The lowest BCUT2D eigenvalue weighted by Gasteiger charge is -2.16. The van der Waals surface area contributed by atoms with Gasteiger partial charge in [-0.2, -0.15) is 0 Å². The highest BCUT2D eigenvalue weighted by molar-refractivity contribution is 5.85. The summed E-state index contributed by atoms with van der Waals surface area (Å²) in [6.45, 7) is 9.09. The van der Waals surface area contributed by atoms with Gasteiger partial charge in [-0.3, -0.25) is 0 Å². The molecule has 0 bridgehead atoms. The van der Waals surface area contributed by atoms with Crippen molar-refractivity contribution >= 4 is 16.9 Å². The minimum Gasteiger partial charge on any atom is -0.464 e. The van der Waals surface area contributed by atoms with Crippen molar-refractivity contribution < 1.29 is 18.7 Å². The molecule has 0 saturated heterocycles. The second-order valence-corrected chi connectivity index (χ2v) is 8.03. The van der Waals surface area contributed by atoms with Crippen LogP contribution in [0.5, 0.6) is 0 Å². The van der Waals surface area contributed by atoms with Gasteiger partial charge in [-0.05, 0) is 57.0 Å². The zero-order valence-corrected chi connectivity index (χ0v) is 19.6. The van der Waals surface area contributed by atoms with E-state index in [0.717, 1.165) is 39.0 Å². The zero-order valence-electron chi connectivity index (χ0n) is 19.6. The molecule has 0 radical (unpaired) electrons. The Hall–Kier alpha value is -3.38. The molecule has 4 rings (SSSR count). The van der Waals surface area contributed by atoms with Gasteiger partial charge in [0.1, 0.15) is 11.5 Å². The van der Waals surface area contributed by atoms with Crippen LogP contribution < -0.4 is 0 Å². The number of hydrogen-bond acceptors (Lipinski definition) is 5. The molecule has 1 unspecified atom stereocenters. The molecular formula is C27H30N2O4. The number of carbonyl (C=O) groups excluding carboxylic acids is 1. The van der Waals surface area contributed by atoms with E-state index in [9.17, 15) is 4.79 Å². The predicted molar refractivity (Wildman–Crippen MR) is 128 cm³/mol. The van der Waals surface area contributed by atoms with Gasteiger partial charge < -0.3 is 18.5 Å². The Morgan fingerprint density at radius 3 is 2.64 bits per heavy atom. The van der Waals surface area contributed by atoms with E-state index in [-0.39, 0.29) is 5.97 Å². The van der Waals surface area contributed by atoms with Crippen LogP contribution in [0.25, 0.3) is 22.4 Å². The molecule has 2 aromatic heterocycles. The van der Waals surface area contributed by atoms with Gasteiger partial charge in [-0.25, -0.2) is 9.78 Å². The third-order valence-electron chi connectivity index (χ3n) is 5.81. The van der Waals surface area contributed by atoms with Gasteiger partial charge in [-0.1, -0.05) is 30.3 Å². The van der Waals surface area contributed by atoms with E-state index in [1.807, 2.05) is 44.2 Å². The van der Waals surface area contributed by atoms with Crippen LogP contribution in [0, 0.1) is 13.8 Å². The summed E-state index contributed by atoms with van der Waals surface area (Å²) in [5.74, 6) is 1.13. The maximum Gasteiger partial charge on any atom is 0.335 e. The molecule has 4 aromatic rings. The fraction of sp³-hybridized carbons (Fsp3) is 0.333. The standard InChI is InChI=1S/C27H30N2O4/c1-5-31-25(27(30)32-6-2)16-20-11-9-13-24-22(20)14-15-29(24)17-23-19(4)33-26(28-23)21-12-8-7-10-18(21)3/h7-15,25H,5-6,16-17H2,1-4H3. The number of ether oxygens (including phenoxy) is 2. The number of rotatable bonds is 9. The Bertz CT molecular complexity index is 1250. The van der Waals surface area contributed by atoms with Crippen molar-refractivity contribution in [3.05, 3.63) is 77.3 Å². The van der Waals surface area contributed by atoms with Crippen LogP contribution >= 0.6 is 0 Å². The van der Waals surface area contributed by atoms with Crippen LogP contribution in [0.15, 0.2) is 59.1 Å². The molecule has 1 atom stereocenters. The molecule has 0 aliphatic heterocycles. The Morgan fingerprint density at radius 1 is 1.06 bits per heavy atom. The highest BCUT2D eigenvalue weighted by Crippen LogP contribution is 2.27. The Labute approximate surface area is 194 Å². The summed E-state index contributed by atoms with van der Waals surface area (Å²) in [5.41, 5.74) is 5.16. The molecule has 6 heteroatoms. The fourth-order valence-electron chi connectivity index (χ4n) is 4.11. The molecule has 0 spiro atoms. The average molecular weight is 447 g/mol. The molecule has 0 aliphatic rings. The zero-order chi connectivity index (χ0) is 23.4. The second kappa shape index (κ2) is 10.0. The van der Waals surface area contributed by atoms with Crippen LogP contribution in [0.1, 0.15) is 36.4 Å². The SMILES string of the molecule is CCOC(=O)C(Cc1cccc2c1ccn2Cc1nc(-c2ccccc2C)oc1C)OCC. The Morgan fingerprint density at radius 2 is 1.88 bits per heavy atom. The van der Waals surface area contributed by atoms with Crippen molar-refractivity contribution in [2.24, 2.45) is 0 Å². The lowest BCUT2D eigenvalue weighted by molar-refractivity contribution is -0.156. The fourth-order valence-corrected chi connectivity index (χ4v) is 4.11. The van der Waals surface area contributed by atoms with E-state index in [1.54, 1.807) is 6.92 Å². The number of hydrogen-bond donors (Lipinski definition) is 0. The molecule has 6 nitrogen and oxygen atoms in total. The Balaban J connectivity index is 1.61. The minimum atomic E-state index is -0.613. The molecule has 0 saturated carbocycles. The normalized spacial score (nSPS) is 12.2. The summed E-state index contributed by atoms with van der Waals surface area (Å²) >= 11 is 0. The predicted octanol–water partition coefficient (Wildman–Crippen LogP) is 5.47. The van der Waals surface area contributed by atoms with Gasteiger partial charge in [0.25, 0.3) is 0 Å². The lowest BCUT2D eigenvalue weighted by Crippen LogP contribution is -2.29. The number of aryl methyl sites for hydroxylation is 2. The maximum absolute atomic E-state index is 12.3. The topological polar surface area (TPSA) is 66.5 Å². The average Bonchev–Trinajstić information content (AvgIpc) is 3.38. The lowest BCUT2D eigenvalue weighted by atomic mass is 10.0. The van der Waals surface area contributed by atoms with Gasteiger partial charge in [-0.15, -0.1) is 0 Å². The van der Waals surface area contributed by atoms with Crippen LogP contribution in [0.4, 0.5) is 0 Å². The van der Waals surface area contributed by atoms with Crippen molar-refractivity contribution in [3.63, 3.8) is 0 Å². The molecule has 0 fully saturated rings. The first-order valence-corrected chi connectivity index (χ1v) is 11.4. The molecule has 33 heavy (non-hydrogen) atoms. The van der Waals surface area contributed by atoms with Crippen LogP contribution in [0.3, 0.4) is 0 Å². The van der Waals surface area contributed by atoms with Crippen molar-refractivity contribution in [2.75, 3.05) is 13.2 Å². The molecule has 0 amide bonds. The van der Waals surface area contributed by atoms with Crippen molar-refractivity contribution in [2.45, 2.75) is 46.8 Å². The highest BCUT2D eigenvalue weighted by atomic mass is 16.6. The van der Waals surface area contributed by atoms with Gasteiger partial charge in [0.2, 0.25) is 5.89 Å². The summed E-state index contributed by atoms with van der Waals surface area (Å²) in [4.78, 5) is 17.1. The monoisotopic (exact) mass is 446 g/mol. The van der Waals surface area contributed by atoms with Crippen LogP contribution in [-0.2, 0) is 27.2 Å². The molecule has 0 aliphatic carbocycles. The quantitative estimate of drug-likeness (QED) is 0.319. The maximum atomic E-state index is 12.3.